The van der Waals surface area contributed by atoms with Crippen LogP contribution < -0.4 is 4.87 Å². The number of fused-ring (bicyclic) bond motifs is 1. The maximum Gasteiger partial charge on any atom is 0.310 e. The van der Waals surface area contributed by atoms with Gasteiger partial charge in [-0.3, -0.25) is 14.4 Å². The molecule has 0 bridgehead atoms. The fourth-order valence-corrected chi connectivity index (χ4v) is 3.93. The summed E-state index contributed by atoms with van der Waals surface area (Å²) >= 11 is 4.40. The van der Waals surface area contributed by atoms with Gasteiger partial charge in [0.15, 0.2) is 0 Å². The van der Waals surface area contributed by atoms with Crippen molar-refractivity contribution in [1.82, 2.24) is 4.57 Å². The van der Waals surface area contributed by atoms with Gasteiger partial charge in [-0.15, -0.1) is 0 Å². The van der Waals surface area contributed by atoms with Crippen LogP contribution in [0.3, 0.4) is 0 Å². The number of hydrogen-bond acceptors (Lipinski definition) is 4. The molecule has 1 aliphatic rings. The van der Waals surface area contributed by atoms with Gasteiger partial charge in [-0.25, -0.2) is 4.39 Å². The van der Waals surface area contributed by atoms with E-state index in [9.17, 15) is 14.3 Å². The van der Waals surface area contributed by atoms with Crippen molar-refractivity contribution in [2.75, 3.05) is 0 Å². The van der Waals surface area contributed by atoms with Crippen molar-refractivity contribution in [2.45, 2.75) is 6.54 Å². The minimum atomic E-state index is -0.341. The zero-order chi connectivity index (χ0) is 18.3. The number of allylic oxidation sites excluding steroid dienone is 1. The van der Waals surface area contributed by atoms with Gasteiger partial charge >= 0.3 is 4.87 Å². The van der Waals surface area contributed by atoms with E-state index in [4.69, 9.17) is 0 Å². The highest BCUT2D eigenvalue weighted by Gasteiger charge is 2.17. The molecular formula is C19H12BrFN2O2S. The van der Waals surface area contributed by atoms with Gasteiger partial charge in [0.05, 0.1) is 17.1 Å². The molecule has 1 aliphatic heterocycles. The Morgan fingerprint density at radius 1 is 1.23 bits per heavy atom. The molecule has 26 heavy (non-hydrogen) atoms. The van der Waals surface area contributed by atoms with Crippen molar-refractivity contribution in [3.05, 3.63) is 78.4 Å². The second-order valence-electron chi connectivity index (χ2n) is 5.79. The third kappa shape index (κ3) is 3.15. The third-order valence-electron chi connectivity index (χ3n) is 4.05. The zero-order valence-electron chi connectivity index (χ0n) is 13.3. The summed E-state index contributed by atoms with van der Waals surface area (Å²) in [5.41, 5.74) is 3.34. The fraction of sp³-hybridized carbons (Fsp3) is 0.0526. The number of nitrogens with zero attached hydrogens (tertiary/aromatic N) is 2. The van der Waals surface area contributed by atoms with Crippen molar-refractivity contribution in [3.8, 4) is 5.88 Å². The van der Waals surface area contributed by atoms with Crippen LogP contribution in [0.2, 0.25) is 0 Å². The molecule has 130 valence electrons. The molecule has 0 saturated heterocycles. The molecule has 1 aromatic heterocycles. The average molecular weight is 431 g/mol. The Hall–Kier alpha value is -2.51. The van der Waals surface area contributed by atoms with Gasteiger partial charge in [0.25, 0.3) is 0 Å². The number of aromatic hydroxyl groups is 1. The van der Waals surface area contributed by atoms with Crippen LogP contribution in [0.4, 0.5) is 10.1 Å². The van der Waals surface area contributed by atoms with Crippen LogP contribution in [-0.4, -0.2) is 15.9 Å². The highest BCUT2D eigenvalue weighted by molar-refractivity contribution is 9.10. The summed E-state index contributed by atoms with van der Waals surface area (Å²) in [6.07, 6.45) is 3.47. The van der Waals surface area contributed by atoms with E-state index in [1.54, 1.807) is 24.4 Å². The zero-order valence-corrected chi connectivity index (χ0v) is 15.7. The number of rotatable bonds is 3. The number of hydrogen-bond donors (Lipinski definition) is 1. The van der Waals surface area contributed by atoms with E-state index in [0.717, 1.165) is 38.2 Å². The molecule has 0 atom stereocenters. The third-order valence-corrected chi connectivity index (χ3v) is 5.46. The quantitative estimate of drug-likeness (QED) is 0.647. The van der Waals surface area contributed by atoms with Crippen LogP contribution in [0.1, 0.15) is 16.0 Å². The number of aromatic nitrogens is 1. The summed E-state index contributed by atoms with van der Waals surface area (Å²) in [5, 5.41) is 10.5. The highest BCUT2D eigenvalue weighted by Crippen LogP contribution is 2.36. The van der Waals surface area contributed by atoms with Crippen LogP contribution in [0.5, 0.6) is 5.88 Å². The smallest absolute Gasteiger partial charge is 0.310 e. The number of benzene rings is 2. The summed E-state index contributed by atoms with van der Waals surface area (Å²) in [6, 6.07) is 11.6. The lowest BCUT2D eigenvalue weighted by Gasteiger charge is -2.04. The lowest BCUT2D eigenvalue weighted by atomic mass is 10.1. The minimum absolute atomic E-state index is 0.103. The molecule has 0 fully saturated rings. The van der Waals surface area contributed by atoms with Gasteiger partial charge in [-0.2, -0.15) is 0 Å². The van der Waals surface area contributed by atoms with Gasteiger partial charge in [-0.05, 0) is 42.0 Å². The van der Waals surface area contributed by atoms with E-state index in [-0.39, 0.29) is 23.1 Å². The van der Waals surface area contributed by atoms with E-state index in [1.807, 2.05) is 18.2 Å². The largest absolute Gasteiger partial charge is 0.493 e. The fourth-order valence-electron chi connectivity index (χ4n) is 2.74. The molecular weight excluding hydrogens is 419 g/mol. The van der Waals surface area contributed by atoms with Crippen LogP contribution in [0.25, 0.3) is 11.6 Å². The SMILES string of the molecule is O=c1sc(C=C2C=Nc3ccc(Br)cc32)c(O)n1Cc1ccc(F)cc1. The molecule has 4 rings (SSSR count). The van der Waals surface area contributed by atoms with E-state index >= 15 is 0 Å². The predicted molar refractivity (Wildman–Crippen MR) is 106 cm³/mol. The number of halogens is 2. The molecule has 0 saturated carbocycles. The van der Waals surface area contributed by atoms with Gasteiger partial charge in [-0.1, -0.05) is 39.4 Å². The minimum Gasteiger partial charge on any atom is -0.493 e. The molecule has 1 N–H and O–H groups in total. The monoisotopic (exact) mass is 430 g/mol. The summed E-state index contributed by atoms with van der Waals surface area (Å²) in [6.45, 7) is 0.181. The summed E-state index contributed by atoms with van der Waals surface area (Å²) in [5.74, 6) is -0.444. The molecule has 2 heterocycles. The first-order valence-corrected chi connectivity index (χ1v) is 9.35. The lowest BCUT2D eigenvalue weighted by Crippen LogP contribution is -2.13. The summed E-state index contributed by atoms with van der Waals surface area (Å²) < 4.78 is 15.2. The van der Waals surface area contributed by atoms with Crippen LogP contribution in [0, 0.1) is 5.82 Å². The molecule has 0 radical (unpaired) electrons. The molecule has 0 aliphatic carbocycles. The van der Waals surface area contributed by atoms with Crippen molar-refractivity contribution >= 4 is 50.8 Å². The number of thiazole rings is 1. The van der Waals surface area contributed by atoms with E-state index in [1.165, 1.54) is 16.7 Å². The molecule has 7 heteroatoms. The van der Waals surface area contributed by atoms with Crippen molar-refractivity contribution in [1.29, 1.82) is 0 Å². The van der Waals surface area contributed by atoms with Gasteiger partial charge < -0.3 is 5.11 Å². The molecule has 2 aromatic carbocycles. The van der Waals surface area contributed by atoms with E-state index in [0.29, 0.717) is 4.88 Å². The lowest BCUT2D eigenvalue weighted by molar-refractivity contribution is 0.420. The van der Waals surface area contributed by atoms with Gasteiger partial charge in [0.1, 0.15) is 5.82 Å². The maximum absolute atomic E-state index is 13.0. The second kappa shape index (κ2) is 6.66. The first-order valence-electron chi connectivity index (χ1n) is 7.74. The topological polar surface area (TPSA) is 54.6 Å². The Bertz CT molecular complexity index is 1110. The Balaban J connectivity index is 1.70. The van der Waals surface area contributed by atoms with E-state index < -0.39 is 0 Å². The van der Waals surface area contributed by atoms with Crippen LogP contribution in [-0.2, 0) is 6.54 Å². The standard InChI is InChI=1S/C19H12BrFN2O2S/c20-13-3-6-16-15(8-13)12(9-22-16)7-17-18(24)23(19(25)26-17)10-11-1-4-14(21)5-2-11/h1-9,24H,10H2. The van der Waals surface area contributed by atoms with Crippen molar-refractivity contribution in [2.24, 2.45) is 4.99 Å². The van der Waals surface area contributed by atoms with Gasteiger partial charge in [0.2, 0.25) is 5.88 Å². The van der Waals surface area contributed by atoms with E-state index in [2.05, 4.69) is 20.9 Å². The number of aliphatic imine (C=N–C) groups is 1. The molecule has 0 spiro atoms. The first-order chi connectivity index (χ1) is 12.5. The average Bonchev–Trinajstić information content (AvgIpc) is 3.13. The Labute approximate surface area is 160 Å². The highest BCUT2D eigenvalue weighted by atomic mass is 79.9. The second-order valence-corrected chi connectivity index (χ2v) is 7.70. The van der Waals surface area contributed by atoms with Crippen molar-refractivity contribution < 1.29 is 9.50 Å². The molecule has 4 nitrogen and oxygen atoms in total. The maximum atomic E-state index is 13.0. The van der Waals surface area contributed by atoms with Crippen molar-refractivity contribution in [3.63, 3.8) is 0 Å². The normalized spacial score (nSPS) is 14.2. The summed E-state index contributed by atoms with van der Waals surface area (Å²) in [7, 11) is 0. The molecule has 3 aromatic rings. The first kappa shape index (κ1) is 16.9. The Morgan fingerprint density at radius 2 is 2.00 bits per heavy atom. The van der Waals surface area contributed by atoms with Gasteiger partial charge in [0, 0.05) is 21.8 Å². The Kier molecular flexibility index (Phi) is 4.34. The van der Waals surface area contributed by atoms with Crippen LogP contribution >= 0.6 is 27.3 Å². The van der Waals surface area contributed by atoms with Crippen LogP contribution in [0.15, 0.2) is 56.7 Å². The molecule has 0 amide bonds. The predicted octanol–water partition coefficient (Wildman–Crippen LogP) is 4.82. The summed E-state index contributed by atoms with van der Waals surface area (Å²) in [4.78, 5) is 16.8. The Morgan fingerprint density at radius 3 is 2.77 bits per heavy atom. The molecule has 0 unspecified atom stereocenters.